The zero-order chi connectivity index (χ0) is 17.8. The summed E-state index contributed by atoms with van der Waals surface area (Å²) in [5, 5.41) is 22.5. The summed E-state index contributed by atoms with van der Waals surface area (Å²) in [4.78, 5) is 28.2. The molecule has 0 spiro atoms. The summed E-state index contributed by atoms with van der Waals surface area (Å²) in [5.74, 6) is 0.667. The Morgan fingerprint density at radius 3 is 2.32 bits per heavy atom. The fourth-order valence-corrected chi connectivity index (χ4v) is 5.69. The zero-order valence-corrected chi connectivity index (χ0v) is 14.4. The van der Waals surface area contributed by atoms with Gasteiger partial charge in [0.25, 0.3) is 5.91 Å². The number of aliphatic hydroxyl groups excluding tert-OH is 1. The Labute approximate surface area is 146 Å². The molecule has 4 fully saturated rings. The predicted octanol–water partition coefficient (Wildman–Crippen LogP) is 2.01. The number of aromatic nitrogens is 1. The SMILES string of the molecule is Cc1ncc(C(=O)O)cc1C(=O)NC1(CO)C2CC3CC(C2)CC1C3. The number of nitrogens with one attached hydrogen (secondary N) is 1. The largest absolute Gasteiger partial charge is 0.478 e. The van der Waals surface area contributed by atoms with Gasteiger partial charge in [-0.3, -0.25) is 9.78 Å². The molecule has 4 aliphatic rings. The second-order valence-corrected chi connectivity index (χ2v) is 8.12. The van der Waals surface area contributed by atoms with Gasteiger partial charge in [0, 0.05) is 6.20 Å². The molecule has 1 aromatic rings. The van der Waals surface area contributed by atoms with E-state index in [0.717, 1.165) is 37.5 Å². The van der Waals surface area contributed by atoms with Crippen LogP contribution in [-0.2, 0) is 0 Å². The smallest absolute Gasteiger partial charge is 0.337 e. The molecule has 4 saturated carbocycles. The Bertz CT molecular complexity index is 702. The Morgan fingerprint density at radius 1 is 1.20 bits per heavy atom. The summed E-state index contributed by atoms with van der Waals surface area (Å²) in [6.07, 6.45) is 6.84. The average molecular weight is 344 g/mol. The third-order valence-corrected chi connectivity index (χ3v) is 6.78. The van der Waals surface area contributed by atoms with Crippen molar-refractivity contribution in [2.75, 3.05) is 6.61 Å². The minimum atomic E-state index is -1.10. The van der Waals surface area contributed by atoms with E-state index in [-0.39, 0.29) is 23.6 Å². The number of rotatable bonds is 4. The van der Waals surface area contributed by atoms with Crippen LogP contribution in [0.1, 0.15) is 58.5 Å². The summed E-state index contributed by atoms with van der Waals surface area (Å²) in [5.41, 5.74) is 0.204. The molecule has 25 heavy (non-hydrogen) atoms. The van der Waals surface area contributed by atoms with Gasteiger partial charge in [0.05, 0.1) is 29.0 Å². The molecular formula is C19H24N2O4. The Balaban J connectivity index is 1.63. The van der Waals surface area contributed by atoms with Crippen LogP contribution < -0.4 is 5.32 Å². The summed E-state index contributed by atoms with van der Waals surface area (Å²) in [7, 11) is 0. The molecular weight excluding hydrogens is 320 g/mol. The number of carboxylic acids is 1. The van der Waals surface area contributed by atoms with Crippen LogP contribution in [0.25, 0.3) is 0 Å². The number of carbonyl (C=O) groups is 2. The standard InChI is InChI=1S/C19H24N2O4/c1-10-16(7-13(8-20-10)18(24)25)17(23)21-19(9-22)14-3-11-2-12(5-14)6-15(19)4-11/h7-8,11-12,14-15,22H,2-6,9H2,1H3,(H,21,23)(H,24,25). The summed E-state index contributed by atoms with van der Waals surface area (Å²) in [6, 6.07) is 1.38. The van der Waals surface area contributed by atoms with E-state index in [1.165, 1.54) is 18.7 Å². The molecule has 1 amide bonds. The fourth-order valence-electron chi connectivity index (χ4n) is 5.69. The van der Waals surface area contributed by atoms with Gasteiger partial charge in [-0.2, -0.15) is 0 Å². The molecule has 5 rings (SSSR count). The number of aryl methyl sites for hydroxylation is 1. The van der Waals surface area contributed by atoms with Crippen LogP contribution in [-0.4, -0.2) is 39.2 Å². The second-order valence-electron chi connectivity index (χ2n) is 8.12. The number of carbonyl (C=O) groups excluding carboxylic acids is 1. The molecule has 1 aromatic heterocycles. The van der Waals surface area contributed by atoms with Crippen LogP contribution in [0.5, 0.6) is 0 Å². The van der Waals surface area contributed by atoms with E-state index in [9.17, 15) is 14.7 Å². The van der Waals surface area contributed by atoms with Crippen molar-refractivity contribution in [3.63, 3.8) is 0 Å². The highest BCUT2D eigenvalue weighted by Gasteiger charge is 2.57. The van der Waals surface area contributed by atoms with Gasteiger partial charge in [-0.1, -0.05) is 0 Å². The van der Waals surface area contributed by atoms with E-state index in [0.29, 0.717) is 17.5 Å². The molecule has 134 valence electrons. The number of carboxylic acid groups (broad SMARTS) is 1. The number of nitrogens with zero attached hydrogens (tertiary/aromatic N) is 1. The molecule has 0 unspecified atom stereocenters. The van der Waals surface area contributed by atoms with Crippen LogP contribution in [0.15, 0.2) is 12.3 Å². The van der Waals surface area contributed by atoms with E-state index in [1.807, 2.05) is 0 Å². The maximum atomic E-state index is 12.9. The molecule has 0 aliphatic heterocycles. The fraction of sp³-hybridized carbons (Fsp3) is 0.632. The first-order valence-electron chi connectivity index (χ1n) is 9.06. The quantitative estimate of drug-likeness (QED) is 0.776. The maximum absolute atomic E-state index is 12.9. The molecule has 0 radical (unpaired) electrons. The average Bonchev–Trinajstić information content (AvgIpc) is 2.57. The van der Waals surface area contributed by atoms with Crippen molar-refractivity contribution in [1.82, 2.24) is 10.3 Å². The van der Waals surface area contributed by atoms with E-state index >= 15 is 0 Å². The molecule has 0 atom stereocenters. The third kappa shape index (κ3) is 2.54. The van der Waals surface area contributed by atoms with Crippen LogP contribution in [0.4, 0.5) is 0 Å². The molecule has 3 N–H and O–H groups in total. The Kier molecular flexibility index (Phi) is 3.83. The lowest BCUT2D eigenvalue weighted by molar-refractivity contribution is -0.0903. The normalized spacial score (nSPS) is 35.6. The van der Waals surface area contributed by atoms with E-state index in [4.69, 9.17) is 5.11 Å². The highest BCUT2D eigenvalue weighted by atomic mass is 16.4. The molecule has 6 heteroatoms. The van der Waals surface area contributed by atoms with Crippen LogP contribution in [0.3, 0.4) is 0 Å². The van der Waals surface area contributed by atoms with Gasteiger partial charge in [0.15, 0.2) is 0 Å². The number of hydrogen-bond donors (Lipinski definition) is 3. The highest BCUT2D eigenvalue weighted by Crippen LogP contribution is 2.58. The van der Waals surface area contributed by atoms with Crippen molar-refractivity contribution in [3.8, 4) is 0 Å². The number of aliphatic hydroxyl groups is 1. The van der Waals surface area contributed by atoms with Gasteiger partial charge < -0.3 is 15.5 Å². The van der Waals surface area contributed by atoms with Gasteiger partial charge in [-0.05, 0) is 68.8 Å². The Morgan fingerprint density at radius 2 is 1.80 bits per heavy atom. The topological polar surface area (TPSA) is 99.5 Å². The molecule has 6 nitrogen and oxygen atoms in total. The maximum Gasteiger partial charge on any atom is 0.337 e. The minimum absolute atomic E-state index is 0.00104. The monoisotopic (exact) mass is 344 g/mol. The molecule has 0 saturated heterocycles. The molecule has 4 aliphatic carbocycles. The minimum Gasteiger partial charge on any atom is -0.478 e. The van der Waals surface area contributed by atoms with Gasteiger partial charge in [0.1, 0.15) is 0 Å². The van der Waals surface area contributed by atoms with E-state index in [1.54, 1.807) is 6.92 Å². The second kappa shape index (κ2) is 5.80. The lowest BCUT2D eigenvalue weighted by Gasteiger charge is -2.60. The predicted molar refractivity (Wildman–Crippen MR) is 90.3 cm³/mol. The molecule has 1 heterocycles. The number of aromatic carboxylic acids is 1. The molecule has 0 aromatic carbocycles. The highest BCUT2D eigenvalue weighted by molar-refractivity contribution is 5.98. The number of amides is 1. The summed E-state index contributed by atoms with van der Waals surface area (Å²) in [6.45, 7) is 1.64. The first kappa shape index (κ1) is 16.5. The van der Waals surface area contributed by atoms with Crippen molar-refractivity contribution in [3.05, 3.63) is 29.1 Å². The van der Waals surface area contributed by atoms with Crippen LogP contribution >= 0.6 is 0 Å². The lowest BCUT2D eigenvalue weighted by atomic mass is 9.48. The van der Waals surface area contributed by atoms with Crippen molar-refractivity contribution < 1.29 is 19.8 Å². The third-order valence-electron chi connectivity index (χ3n) is 6.78. The van der Waals surface area contributed by atoms with E-state index < -0.39 is 11.5 Å². The van der Waals surface area contributed by atoms with Crippen LogP contribution in [0.2, 0.25) is 0 Å². The lowest BCUT2D eigenvalue weighted by Crippen LogP contribution is -2.68. The van der Waals surface area contributed by atoms with Crippen LogP contribution in [0, 0.1) is 30.6 Å². The van der Waals surface area contributed by atoms with Crippen molar-refractivity contribution in [2.45, 2.75) is 44.6 Å². The number of pyridine rings is 1. The van der Waals surface area contributed by atoms with E-state index in [2.05, 4.69) is 10.3 Å². The van der Waals surface area contributed by atoms with Gasteiger partial charge >= 0.3 is 5.97 Å². The first-order chi connectivity index (χ1) is 11.9. The summed E-state index contributed by atoms with van der Waals surface area (Å²) >= 11 is 0. The van der Waals surface area contributed by atoms with Gasteiger partial charge in [-0.15, -0.1) is 0 Å². The van der Waals surface area contributed by atoms with Crippen molar-refractivity contribution in [2.24, 2.45) is 23.7 Å². The Hall–Kier alpha value is -1.95. The van der Waals surface area contributed by atoms with Crippen molar-refractivity contribution >= 4 is 11.9 Å². The summed E-state index contributed by atoms with van der Waals surface area (Å²) < 4.78 is 0. The first-order valence-corrected chi connectivity index (χ1v) is 9.06. The zero-order valence-electron chi connectivity index (χ0n) is 14.4. The number of hydrogen-bond acceptors (Lipinski definition) is 4. The van der Waals surface area contributed by atoms with Gasteiger partial charge in [0.2, 0.25) is 0 Å². The van der Waals surface area contributed by atoms with Crippen molar-refractivity contribution in [1.29, 1.82) is 0 Å². The van der Waals surface area contributed by atoms with Gasteiger partial charge in [-0.25, -0.2) is 4.79 Å². The molecule has 4 bridgehead atoms.